The van der Waals surface area contributed by atoms with E-state index in [2.05, 4.69) is 10.1 Å². The van der Waals surface area contributed by atoms with Gasteiger partial charge in [-0.2, -0.15) is 0 Å². The number of ether oxygens (including phenoxy) is 1. The predicted molar refractivity (Wildman–Crippen MR) is 66.2 cm³/mol. The van der Waals surface area contributed by atoms with Crippen LogP contribution in [0.1, 0.15) is 33.6 Å². The second kappa shape index (κ2) is 8.06. The van der Waals surface area contributed by atoms with Crippen molar-refractivity contribution in [3.63, 3.8) is 0 Å². The molecule has 1 unspecified atom stereocenters. The van der Waals surface area contributed by atoms with Crippen LogP contribution in [0.15, 0.2) is 0 Å². The highest BCUT2D eigenvalue weighted by atomic mass is 16.5. The number of carbonyl (C=O) groups is 2. The summed E-state index contributed by atoms with van der Waals surface area (Å²) >= 11 is 0. The first-order chi connectivity index (χ1) is 7.96. The van der Waals surface area contributed by atoms with E-state index < -0.39 is 12.0 Å². The lowest BCUT2D eigenvalue weighted by atomic mass is 10.0. The molecular formula is C12H24N2O3. The second-order valence-corrected chi connectivity index (χ2v) is 4.55. The van der Waals surface area contributed by atoms with Gasteiger partial charge in [0.15, 0.2) is 0 Å². The van der Waals surface area contributed by atoms with Gasteiger partial charge < -0.3 is 15.8 Å². The van der Waals surface area contributed by atoms with Crippen LogP contribution in [-0.4, -0.2) is 31.6 Å². The fourth-order valence-corrected chi connectivity index (χ4v) is 1.58. The molecule has 0 radical (unpaired) electrons. The number of hydrogen-bond donors (Lipinski definition) is 2. The molecular weight excluding hydrogens is 220 g/mol. The molecule has 0 saturated heterocycles. The minimum atomic E-state index is -0.576. The van der Waals surface area contributed by atoms with Gasteiger partial charge in [-0.3, -0.25) is 4.79 Å². The second-order valence-electron chi connectivity index (χ2n) is 4.55. The third kappa shape index (κ3) is 5.68. The Morgan fingerprint density at radius 1 is 1.35 bits per heavy atom. The summed E-state index contributed by atoms with van der Waals surface area (Å²) in [5, 5.41) is 2.71. The molecule has 2 atom stereocenters. The van der Waals surface area contributed by atoms with Crippen LogP contribution in [0, 0.1) is 11.8 Å². The molecule has 0 aromatic rings. The van der Waals surface area contributed by atoms with Crippen LogP contribution in [-0.2, 0) is 14.3 Å². The minimum absolute atomic E-state index is 0.175. The van der Waals surface area contributed by atoms with Gasteiger partial charge in [0, 0.05) is 12.5 Å². The molecule has 5 nitrogen and oxygen atoms in total. The fourth-order valence-electron chi connectivity index (χ4n) is 1.58. The van der Waals surface area contributed by atoms with Crippen molar-refractivity contribution in [1.82, 2.24) is 5.32 Å². The highest BCUT2D eigenvalue weighted by Gasteiger charge is 2.25. The van der Waals surface area contributed by atoms with Gasteiger partial charge in [0.25, 0.3) is 0 Å². The Hall–Kier alpha value is -1.10. The van der Waals surface area contributed by atoms with Gasteiger partial charge in [-0.1, -0.05) is 20.8 Å². The molecule has 0 fully saturated rings. The van der Waals surface area contributed by atoms with Gasteiger partial charge in [-0.15, -0.1) is 0 Å². The van der Waals surface area contributed by atoms with Crippen LogP contribution in [0.3, 0.4) is 0 Å². The summed E-state index contributed by atoms with van der Waals surface area (Å²) in [5.74, 6) is -0.517. The topological polar surface area (TPSA) is 81.4 Å². The Labute approximate surface area is 103 Å². The number of methoxy groups -OCH3 is 1. The molecule has 0 rings (SSSR count). The Balaban J connectivity index is 4.51. The highest BCUT2D eigenvalue weighted by Crippen LogP contribution is 2.08. The summed E-state index contributed by atoms with van der Waals surface area (Å²) < 4.78 is 4.68. The van der Waals surface area contributed by atoms with Crippen LogP contribution in [0.2, 0.25) is 0 Å². The number of rotatable bonds is 7. The minimum Gasteiger partial charge on any atom is -0.467 e. The summed E-state index contributed by atoms with van der Waals surface area (Å²) in [6, 6.07) is -0.576. The molecule has 0 aromatic carbocycles. The smallest absolute Gasteiger partial charge is 0.328 e. The Morgan fingerprint density at radius 3 is 2.29 bits per heavy atom. The summed E-state index contributed by atoms with van der Waals surface area (Å²) in [6.45, 7) is 6.16. The molecule has 0 bridgehead atoms. The van der Waals surface area contributed by atoms with Crippen molar-refractivity contribution in [3.8, 4) is 0 Å². The molecule has 0 aliphatic carbocycles. The molecule has 0 heterocycles. The first-order valence-electron chi connectivity index (χ1n) is 6.04. The van der Waals surface area contributed by atoms with E-state index in [1.165, 1.54) is 7.11 Å². The molecule has 0 aliphatic rings. The van der Waals surface area contributed by atoms with E-state index >= 15 is 0 Å². The average molecular weight is 244 g/mol. The first kappa shape index (κ1) is 15.9. The van der Waals surface area contributed by atoms with E-state index in [4.69, 9.17) is 5.73 Å². The lowest BCUT2D eigenvalue weighted by Gasteiger charge is -2.21. The van der Waals surface area contributed by atoms with Crippen LogP contribution in [0.5, 0.6) is 0 Å². The van der Waals surface area contributed by atoms with E-state index in [1.54, 1.807) is 0 Å². The number of nitrogens with two attached hydrogens (primary N) is 1. The average Bonchev–Trinajstić information content (AvgIpc) is 2.28. The Morgan fingerprint density at radius 2 is 1.94 bits per heavy atom. The third-order valence-corrected chi connectivity index (χ3v) is 2.66. The molecule has 5 heteroatoms. The number of esters is 1. The zero-order chi connectivity index (χ0) is 13.4. The SMILES string of the molecule is CCC(CN)C(=O)N[C@@H](CC(C)C)C(=O)OC. The number of nitrogens with one attached hydrogen (secondary N) is 1. The molecule has 100 valence electrons. The summed E-state index contributed by atoms with van der Waals surface area (Å²) in [6.07, 6.45) is 1.23. The highest BCUT2D eigenvalue weighted by molar-refractivity contribution is 5.85. The fraction of sp³-hybridized carbons (Fsp3) is 0.833. The maximum absolute atomic E-state index is 11.8. The van der Waals surface area contributed by atoms with Crippen LogP contribution < -0.4 is 11.1 Å². The van der Waals surface area contributed by atoms with Crippen molar-refractivity contribution in [3.05, 3.63) is 0 Å². The van der Waals surface area contributed by atoms with Gasteiger partial charge in [0.05, 0.1) is 7.11 Å². The zero-order valence-corrected chi connectivity index (χ0v) is 11.2. The quantitative estimate of drug-likeness (QED) is 0.645. The maximum atomic E-state index is 11.8. The van der Waals surface area contributed by atoms with Crippen molar-refractivity contribution < 1.29 is 14.3 Å². The summed E-state index contributed by atoms with van der Waals surface area (Å²) in [7, 11) is 1.32. The van der Waals surface area contributed by atoms with Gasteiger partial charge in [-0.25, -0.2) is 4.79 Å². The maximum Gasteiger partial charge on any atom is 0.328 e. The molecule has 1 amide bonds. The van der Waals surface area contributed by atoms with Crippen molar-refractivity contribution >= 4 is 11.9 Å². The predicted octanol–water partition coefficient (Wildman–Crippen LogP) is 0.675. The largest absolute Gasteiger partial charge is 0.467 e. The number of carbonyl (C=O) groups excluding carboxylic acids is 2. The molecule has 0 spiro atoms. The standard InChI is InChI=1S/C12H24N2O3/c1-5-9(7-13)11(15)14-10(6-8(2)3)12(16)17-4/h8-10H,5-7,13H2,1-4H3,(H,14,15)/t9?,10-/m0/s1. The van der Waals surface area contributed by atoms with Gasteiger partial charge >= 0.3 is 5.97 Å². The number of hydrogen-bond acceptors (Lipinski definition) is 4. The monoisotopic (exact) mass is 244 g/mol. The van der Waals surface area contributed by atoms with Crippen LogP contribution in [0.4, 0.5) is 0 Å². The molecule has 0 aliphatic heterocycles. The van der Waals surface area contributed by atoms with Crippen LogP contribution >= 0.6 is 0 Å². The Bertz CT molecular complexity index is 250. The Kier molecular flexibility index (Phi) is 7.54. The van der Waals surface area contributed by atoms with E-state index in [-0.39, 0.29) is 18.4 Å². The lowest BCUT2D eigenvalue weighted by molar-refractivity contribution is -0.146. The third-order valence-electron chi connectivity index (χ3n) is 2.66. The van der Waals surface area contributed by atoms with E-state index in [9.17, 15) is 9.59 Å². The van der Waals surface area contributed by atoms with Crippen molar-refractivity contribution in [1.29, 1.82) is 0 Å². The van der Waals surface area contributed by atoms with Gasteiger partial charge in [0.2, 0.25) is 5.91 Å². The summed E-state index contributed by atoms with van der Waals surface area (Å²) in [5.41, 5.74) is 5.49. The van der Waals surface area contributed by atoms with Gasteiger partial charge in [-0.05, 0) is 18.8 Å². The summed E-state index contributed by atoms with van der Waals surface area (Å²) in [4.78, 5) is 23.3. The van der Waals surface area contributed by atoms with Crippen molar-refractivity contribution in [2.75, 3.05) is 13.7 Å². The molecule has 0 aromatic heterocycles. The van der Waals surface area contributed by atoms with E-state index in [0.717, 1.165) is 0 Å². The normalized spacial score (nSPS) is 14.2. The van der Waals surface area contributed by atoms with Gasteiger partial charge in [0.1, 0.15) is 6.04 Å². The molecule has 0 saturated carbocycles. The van der Waals surface area contributed by atoms with Crippen molar-refractivity contribution in [2.45, 2.75) is 39.7 Å². The lowest BCUT2D eigenvalue weighted by Crippen LogP contribution is -2.46. The van der Waals surface area contributed by atoms with E-state index in [0.29, 0.717) is 18.8 Å². The van der Waals surface area contributed by atoms with Crippen molar-refractivity contribution in [2.24, 2.45) is 17.6 Å². The van der Waals surface area contributed by atoms with Crippen LogP contribution in [0.25, 0.3) is 0 Å². The molecule has 17 heavy (non-hydrogen) atoms. The van der Waals surface area contributed by atoms with E-state index in [1.807, 2.05) is 20.8 Å². The zero-order valence-electron chi connectivity index (χ0n) is 11.2. The number of amides is 1. The first-order valence-corrected chi connectivity index (χ1v) is 6.04. The molecule has 3 N–H and O–H groups in total.